The molecule has 13 heteroatoms. The van der Waals surface area contributed by atoms with Crippen LogP contribution >= 0.6 is 0 Å². The normalized spacial score (nSPS) is 33.3. The number of fused-ring (bicyclic) bond motifs is 14. The molecule has 0 fully saturated rings. The molecule has 9 atom stereocenters. The number of allylic oxidation sites excluding steroid dienone is 4. The van der Waals surface area contributed by atoms with E-state index in [9.17, 15) is 34.2 Å². The summed E-state index contributed by atoms with van der Waals surface area (Å²) in [6, 6.07) is 0. The van der Waals surface area contributed by atoms with Crippen LogP contribution in [0.1, 0.15) is 85.1 Å². The van der Waals surface area contributed by atoms with Gasteiger partial charge in [0.05, 0.1) is 54.1 Å². The summed E-state index contributed by atoms with van der Waals surface area (Å²) in [7, 11) is 2.74. The highest BCUT2D eigenvalue weighted by molar-refractivity contribution is 6.31. The number of carbonyl (C=O) groups is 5. The molecule has 0 radical (unpaired) electrons. The Labute approximate surface area is 297 Å². The van der Waals surface area contributed by atoms with Crippen LogP contribution in [0.2, 0.25) is 0 Å². The number of Topliss-reactive ketones (excluding diaryl/α,β-unsaturated/α-hetero) is 2. The number of aliphatic hydroxyl groups is 2. The van der Waals surface area contributed by atoms with Gasteiger partial charge in [-0.05, 0) is 19.9 Å². The van der Waals surface area contributed by atoms with Gasteiger partial charge in [-0.3, -0.25) is 24.0 Å². The van der Waals surface area contributed by atoms with E-state index >= 15 is 0 Å². The first-order valence-electron chi connectivity index (χ1n) is 16.8. The summed E-state index contributed by atoms with van der Waals surface area (Å²) in [6.07, 6.45) is 4.58. The van der Waals surface area contributed by atoms with Gasteiger partial charge >= 0.3 is 11.8 Å². The molecule has 0 saturated carbocycles. The Kier molecular flexibility index (Phi) is 11.8. The van der Waals surface area contributed by atoms with Crippen LogP contribution in [0.5, 0.6) is 11.5 Å². The van der Waals surface area contributed by atoms with Crippen LogP contribution in [0.3, 0.4) is 0 Å². The van der Waals surface area contributed by atoms with Crippen molar-refractivity contribution in [3.05, 3.63) is 70.2 Å². The lowest BCUT2D eigenvalue weighted by Crippen LogP contribution is -2.46. The number of hydrogen-bond acceptors (Lipinski definition) is 12. The fourth-order valence-corrected chi connectivity index (χ4v) is 6.86. The van der Waals surface area contributed by atoms with E-state index < -0.39 is 83.1 Å². The Morgan fingerprint density at radius 1 is 0.922 bits per heavy atom. The minimum absolute atomic E-state index is 0.00174. The van der Waals surface area contributed by atoms with Gasteiger partial charge in [0.1, 0.15) is 17.6 Å². The fourth-order valence-electron chi connectivity index (χ4n) is 6.86. The number of hydrogen-bond donors (Lipinski definition) is 3. The van der Waals surface area contributed by atoms with E-state index in [0.29, 0.717) is 0 Å². The molecule has 1 aliphatic carbocycles. The maximum Gasteiger partial charge on any atom is 0.312 e. The van der Waals surface area contributed by atoms with Crippen LogP contribution in [0, 0.1) is 30.6 Å². The van der Waals surface area contributed by atoms with Crippen molar-refractivity contribution in [2.45, 2.75) is 85.6 Å². The van der Waals surface area contributed by atoms with Gasteiger partial charge in [0, 0.05) is 61.8 Å². The molecular weight excluding hydrogens is 662 g/mol. The number of rotatable bonds is 3. The molecule has 1 aromatic carbocycles. The summed E-state index contributed by atoms with van der Waals surface area (Å²) in [4.78, 5) is 66.9. The molecule has 0 saturated heterocycles. The van der Waals surface area contributed by atoms with E-state index in [1.807, 2.05) is 0 Å². The molecule has 13 nitrogen and oxygen atoms in total. The van der Waals surface area contributed by atoms with Gasteiger partial charge in [-0.1, -0.05) is 45.9 Å². The lowest BCUT2D eigenvalue weighted by Gasteiger charge is -2.38. The minimum atomic E-state index is -1.98. The molecular formula is C38H47NO12. The first kappa shape index (κ1) is 39.2. The van der Waals surface area contributed by atoms with Crippen LogP contribution in [0.4, 0.5) is 0 Å². The Morgan fingerprint density at radius 2 is 1.59 bits per heavy atom. The Bertz CT molecular complexity index is 1740. The predicted molar refractivity (Wildman–Crippen MR) is 184 cm³/mol. The van der Waals surface area contributed by atoms with E-state index in [2.05, 4.69) is 5.32 Å². The molecule has 3 N–H and O–H groups in total. The van der Waals surface area contributed by atoms with Crippen molar-refractivity contribution in [1.29, 1.82) is 0 Å². The van der Waals surface area contributed by atoms with Crippen molar-refractivity contribution in [3.8, 4) is 11.5 Å². The first-order chi connectivity index (χ1) is 23.9. The highest BCUT2D eigenvalue weighted by Crippen LogP contribution is 2.48. The lowest BCUT2D eigenvalue weighted by atomic mass is 9.78. The van der Waals surface area contributed by atoms with Gasteiger partial charge in [0.2, 0.25) is 5.78 Å². The monoisotopic (exact) mass is 709 g/mol. The van der Waals surface area contributed by atoms with Crippen molar-refractivity contribution >= 4 is 29.2 Å². The number of aliphatic hydroxyl groups excluding tert-OH is 2. The fraction of sp³-hybridized carbons (Fsp3) is 0.500. The molecule has 51 heavy (non-hydrogen) atoms. The zero-order chi connectivity index (χ0) is 38.1. The Morgan fingerprint density at radius 3 is 2.20 bits per heavy atom. The maximum absolute atomic E-state index is 14.0. The van der Waals surface area contributed by atoms with Crippen LogP contribution in [0.25, 0.3) is 0 Å². The molecule has 1 amide bonds. The summed E-state index contributed by atoms with van der Waals surface area (Å²) in [6.45, 7) is 12.6. The number of carbonyl (C=O) groups excluding carboxylic acids is 5. The highest BCUT2D eigenvalue weighted by Gasteiger charge is 2.52. The number of nitrogens with one attached hydrogen (secondary N) is 1. The van der Waals surface area contributed by atoms with Crippen LogP contribution in [-0.4, -0.2) is 83.9 Å². The molecule has 1 aromatic rings. The molecule has 3 heterocycles. The van der Waals surface area contributed by atoms with Gasteiger partial charge in [0.25, 0.3) is 11.7 Å². The molecule has 3 aliphatic heterocycles. The van der Waals surface area contributed by atoms with Gasteiger partial charge in [-0.25, -0.2) is 0 Å². The summed E-state index contributed by atoms with van der Waals surface area (Å²) < 4.78 is 28.9. The van der Waals surface area contributed by atoms with E-state index in [-0.39, 0.29) is 45.0 Å². The SMILES string of the molecule is COc1c(C)c2c3c4c1C(=O)C(=CC4=O)NC(=O)/C(C)=C\C=C/[C@H](C)[C@H](O)[C@@H](C)[C@@H](O)[C@@H](C)[C@H](OC(C)=O)[C@H](C)[C@@H](OC)C=CO[C@@](C)(O2)C3=O. The zero-order valence-corrected chi connectivity index (χ0v) is 30.6. The molecule has 5 rings (SSSR count). The number of benzene rings is 1. The third-order valence-corrected chi connectivity index (χ3v) is 9.98. The van der Waals surface area contributed by atoms with Gasteiger partial charge < -0.3 is 39.2 Å². The van der Waals surface area contributed by atoms with E-state index in [1.54, 1.807) is 46.8 Å². The average molecular weight is 710 g/mol. The second-order valence-electron chi connectivity index (χ2n) is 13.6. The molecule has 5 bridgehead atoms. The zero-order valence-electron chi connectivity index (χ0n) is 30.6. The maximum atomic E-state index is 14.0. The van der Waals surface area contributed by atoms with E-state index in [4.69, 9.17) is 23.7 Å². The molecule has 4 aliphatic rings. The van der Waals surface area contributed by atoms with Crippen molar-refractivity contribution in [2.24, 2.45) is 23.7 Å². The lowest BCUT2D eigenvalue weighted by molar-refractivity contribution is -0.160. The van der Waals surface area contributed by atoms with Gasteiger partial charge in [0.15, 0.2) is 5.78 Å². The van der Waals surface area contributed by atoms with Crippen LogP contribution < -0.4 is 14.8 Å². The van der Waals surface area contributed by atoms with Crippen molar-refractivity contribution in [2.75, 3.05) is 14.2 Å². The third-order valence-electron chi connectivity index (χ3n) is 9.98. The van der Waals surface area contributed by atoms with Gasteiger partial charge in [-0.15, -0.1) is 0 Å². The molecule has 0 unspecified atom stereocenters. The first-order valence-corrected chi connectivity index (χ1v) is 16.8. The Hall–Kier alpha value is -4.59. The van der Waals surface area contributed by atoms with Gasteiger partial charge in [-0.2, -0.15) is 0 Å². The second kappa shape index (κ2) is 15.3. The Balaban J connectivity index is 1.85. The summed E-state index contributed by atoms with van der Waals surface area (Å²) >= 11 is 0. The number of ether oxygens (including phenoxy) is 5. The number of methoxy groups -OCH3 is 2. The average Bonchev–Trinajstić information content (AvgIpc) is 3.35. The molecule has 0 aromatic heterocycles. The topological polar surface area (TPSA) is 184 Å². The smallest absolute Gasteiger partial charge is 0.312 e. The summed E-state index contributed by atoms with van der Waals surface area (Å²) in [5.74, 6) is -7.80. The van der Waals surface area contributed by atoms with E-state index in [0.717, 1.165) is 6.08 Å². The standard InChI is InChI=1S/C38H47NO12/c1-17-12-11-13-18(2)37(46)39-24-16-25(41)27-28(32(24)44)34(48-10)22(6)35-29(27)36(45)38(8,51-35)49-15-14-26(47-9)19(3)33(50-23(7)40)21(5)31(43)20(4)30(17)42/h11-17,19-21,26,30-31,33,42-43H,1-10H3,(H,39,46)/b12-11-,15-14?,18-13-/t17-,19+,20+,21+,26-,30-,31+,33+,38-/m0/s1. The van der Waals surface area contributed by atoms with E-state index in [1.165, 1.54) is 53.4 Å². The highest BCUT2D eigenvalue weighted by atomic mass is 16.7. The van der Waals surface area contributed by atoms with Crippen molar-refractivity contribution in [3.63, 3.8) is 0 Å². The quantitative estimate of drug-likeness (QED) is 0.385. The van der Waals surface area contributed by atoms with Crippen molar-refractivity contribution < 1.29 is 57.9 Å². The molecule has 0 spiro atoms. The number of ketones is 3. The second-order valence-corrected chi connectivity index (χ2v) is 13.6. The predicted octanol–water partition coefficient (Wildman–Crippen LogP) is 3.93. The molecule has 276 valence electrons. The van der Waals surface area contributed by atoms with Crippen LogP contribution in [-0.2, 0) is 23.8 Å². The summed E-state index contributed by atoms with van der Waals surface area (Å²) in [5, 5.41) is 25.1. The largest absolute Gasteiger partial charge is 0.496 e. The summed E-state index contributed by atoms with van der Waals surface area (Å²) in [5.41, 5.74) is -0.437. The number of esters is 1. The van der Waals surface area contributed by atoms with Crippen molar-refractivity contribution in [1.82, 2.24) is 5.32 Å². The third kappa shape index (κ3) is 7.42. The minimum Gasteiger partial charge on any atom is -0.496 e. The van der Waals surface area contributed by atoms with Crippen LogP contribution in [0.15, 0.2) is 47.9 Å². The number of amides is 1.